The van der Waals surface area contributed by atoms with Crippen molar-refractivity contribution >= 4 is 29.7 Å². The highest BCUT2D eigenvalue weighted by Crippen LogP contribution is 2.19. The predicted molar refractivity (Wildman–Crippen MR) is 171 cm³/mol. The van der Waals surface area contributed by atoms with E-state index in [1.54, 1.807) is 43.6 Å². The zero-order valence-corrected chi connectivity index (χ0v) is 27.3. The first-order valence-electron chi connectivity index (χ1n) is 15.4. The number of anilines is 1. The Kier molecular flexibility index (Phi) is 13.1. The van der Waals surface area contributed by atoms with E-state index in [1.165, 1.54) is 0 Å². The van der Waals surface area contributed by atoms with Crippen molar-refractivity contribution in [3.63, 3.8) is 0 Å². The quantitative estimate of drug-likeness (QED) is 0.252. The number of nitrogens with zero attached hydrogens (tertiary/aromatic N) is 5. The van der Waals surface area contributed by atoms with Gasteiger partial charge in [-0.05, 0) is 61.2 Å². The third-order valence-corrected chi connectivity index (χ3v) is 6.86. The predicted octanol–water partition coefficient (Wildman–Crippen LogP) is 3.03. The second-order valence-electron chi connectivity index (χ2n) is 12.1. The molecule has 1 fully saturated rings. The van der Waals surface area contributed by atoms with Gasteiger partial charge in [-0.2, -0.15) is 0 Å². The van der Waals surface area contributed by atoms with Crippen molar-refractivity contribution in [2.45, 2.75) is 58.6 Å². The molecule has 1 aromatic heterocycles. The first-order chi connectivity index (χ1) is 21.4. The van der Waals surface area contributed by atoms with E-state index >= 15 is 0 Å². The molecule has 246 valence electrons. The molecule has 45 heavy (non-hydrogen) atoms. The summed E-state index contributed by atoms with van der Waals surface area (Å²) >= 11 is 0. The Hall–Kier alpha value is -4.26. The number of benzene rings is 1. The molecule has 13 nitrogen and oxygen atoms in total. The Morgan fingerprint density at radius 2 is 1.67 bits per heavy atom. The van der Waals surface area contributed by atoms with Crippen molar-refractivity contribution < 1.29 is 28.7 Å². The number of aromatic nitrogens is 2. The van der Waals surface area contributed by atoms with Crippen molar-refractivity contribution in [1.82, 2.24) is 30.0 Å². The fraction of sp³-hybridized carbons (Fsp3) is 0.562. The van der Waals surface area contributed by atoms with E-state index in [2.05, 4.69) is 25.5 Å². The second kappa shape index (κ2) is 16.7. The number of ether oxygens (including phenoxy) is 2. The van der Waals surface area contributed by atoms with Crippen LogP contribution in [-0.2, 0) is 19.1 Å². The van der Waals surface area contributed by atoms with Gasteiger partial charge in [0.1, 0.15) is 23.2 Å². The molecule has 0 saturated carbocycles. The van der Waals surface area contributed by atoms with Crippen LogP contribution in [0.4, 0.5) is 10.6 Å². The van der Waals surface area contributed by atoms with Crippen LogP contribution in [0.2, 0.25) is 0 Å². The minimum absolute atomic E-state index is 0.0316. The Morgan fingerprint density at radius 1 is 1.00 bits per heavy atom. The third kappa shape index (κ3) is 11.6. The van der Waals surface area contributed by atoms with Crippen molar-refractivity contribution in [2.75, 3.05) is 65.3 Å². The molecule has 0 radical (unpaired) electrons. The molecule has 2 aromatic rings. The molecule has 1 atom stereocenters. The minimum atomic E-state index is -1.02. The molecule has 0 bridgehead atoms. The van der Waals surface area contributed by atoms with Crippen LogP contribution < -0.4 is 10.6 Å². The highest BCUT2D eigenvalue weighted by Gasteiger charge is 2.32. The maximum atomic E-state index is 13.7. The molecule has 13 heteroatoms. The minimum Gasteiger partial charge on any atom is -0.460 e. The van der Waals surface area contributed by atoms with Crippen LogP contribution in [0.1, 0.15) is 57.4 Å². The molecule has 0 spiro atoms. The number of carbonyl (C=O) groups excluding carboxylic acids is 4. The van der Waals surface area contributed by atoms with Crippen molar-refractivity contribution in [2.24, 2.45) is 0 Å². The second-order valence-corrected chi connectivity index (χ2v) is 12.1. The molecular weight excluding hydrogens is 578 g/mol. The largest absolute Gasteiger partial charge is 0.460 e. The Labute approximate surface area is 265 Å². The first kappa shape index (κ1) is 35.2. The van der Waals surface area contributed by atoms with E-state index in [0.29, 0.717) is 31.3 Å². The fourth-order valence-electron chi connectivity index (χ4n) is 4.67. The molecule has 1 saturated heterocycles. The summed E-state index contributed by atoms with van der Waals surface area (Å²) in [5.74, 6) is -0.544. The van der Waals surface area contributed by atoms with E-state index < -0.39 is 29.6 Å². The molecule has 2 heterocycles. The lowest BCUT2D eigenvalue weighted by atomic mass is 10.1. The molecule has 1 aliphatic heterocycles. The van der Waals surface area contributed by atoms with Gasteiger partial charge >= 0.3 is 12.1 Å². The normalized spacial score (nSPS) is 14.1. The summed E-state index contributed by atoms with van der Waals surface area (Å²) in [6, 6.07) is 9.86. The van der Waals surface area contributed by atoms with E-state index in [1.807, 2.05) is 44.4 Å². The number of piperazine rings is 1. The Bertz CT molecular complexity index is 1290. The molecule has 0 aliphatic carbocycles. The molecule has 3 amide bonds. The average Bonchev–Trinajstić information content (AvgIpc) is 3.00. The molecule has 3 rings (SSSR count). The topological polar surface area (TPSA) is 146 Å². The zero-order chi connectivity index (χ0) is 33.0. The van der Waals surface area contributed by atoms with Crippen molar-refractivity contribution in [3.05, 3.63) is 42.1 Å². The van der Waals surface area contributed by atoms with Gasteiger partial charge in [0, 0.05) is 50.8 Å². The van der Waals surface area contributed by atoms with Crippen molar-refractivity contribution in [3.8, 4) is 11.4 Å². The van der Waals surface area contributed by atoms with Gasteiger partial charge < -0.3 is 34.8 Å². The molecule has 1 aromatic carbocycles. The summed E-state index contributed by atoms with van der Waals surface area (Å²) < 4.78 is 10.5. The van der Waals surface area contributed by atoms with Crippen LogP contribution in [-0.4, -0.2) is 120 Å². The van der Waals surface area contributed by atoms with Gasteiger partial charge in [0.2, 0.25) is 5.91 Å². The van der Waals surface area contributed by atoms with E-state index in [0.717, 1.165) is 18.5 Å². The van der Waals surface area contributed by atoms with Crippen LogP contribution in [0.25, 0.3) is 11.4 Å². The zero-order valence-electron chi connectivity index (χ0n) is 27.3. The SMILES string of the molecule is CCOC(=O)N1CCN(C(=O)C(CCC(=O)OC(C)(C)C)NC(=O)c2cc(NCCCN(C)C)nc(-c3ccccc3)n2)CC1. The standard InChI is InChI=1S/C32H47N7O6/c1-7-44-31(43)39-20-18-38(19-21-39)30(42)24(14-15-27(40)45-32(2,3)4)35-29(41)25-22-26(33-16-11-17-37(5)6)36-28(34-25)23-12-9-8-10-13-23/h8-10,12-13,22,24H,7,11,14-21H2,1-6H3,(H,35,41)(H,33,34,36). The third-order valence-electron chi connectivity index (χ3n) is 6.86. The van der Waals surface area contributed by atoms with Crippen molar-refractivity contribution in [1.29, 1.82) is 0 Å². The summed E-state index contributed by atoms with van der Waals surface area (Å²) in [6.07, 6.45) is 0.394. The summed E-state index contributed by atoms with van der Waals surface area (Å²) in [5.41, 5.74) is 0.134. The van der Waals surface area contributed by atoms with Crippen LogP contribution in [0.3, 0.4) is 0 Å². The van der Waals surface area contributed by atoms with Gasteiger partial charge in [0.05, 0.1) is 6.61 Å². The number of hydrogen-bond acceptors (Lipinski definition) is 10. The Morgan fingerprint density at radius 3 is 2.29 bits per heavy atom. The summed E-state index contributed by atoms with van der Waals surface area (Å²) in [4.78, 5) is 66.5. The lowest BCUT2D eigenvalue weighted by Crippen LogP contribution is -2.56. The van der Waals surface area contributed by atoms with Gasteiger partial charge in [0.25, 0.3) is 5.91 Å². The van der Waals surface area contributed by atoms with Gasteiger partial charge in [0.15, 0.2) is 5.82 Å². The monoisotopic (exact) mass is 625 g/mol. The number of nitrogens with one attached hydrogen (secondary N) is 2. The van der Waals surface area contributed by atoms with Crippen LogP contribution >= 0.6 is 0 Å². The van der Waals surface area contributed by atoms with Crippen LogP contribution in [0, 0.1) is 0 Å². The maximum Gasteiger partial charge on any atom is 0.409 e. The van der Waals surface area contributed by atoms with Gasteiger partial charge in [-0.1, -0.05) is 30.3 Å². The Balaban J connectivity index is 1.82. The molecule has 1 unspecified atom stereocenters. The van der Waals surface area contributed by atoms with Gasteiger partial charge in [-0.3, -0.25) is 14.4 Å². The number of hydrogen-bond donors (Lipinski definition) is 2. The highest BCUT2D eigenvalue weighted by molar-refractivity contribution is 5.97. The number of esters is 1. The highest BCUT2D eigenvalue weighted by atomic mass is 16.6. The number of carbonyl (C=O) groups is 4. The summed E-state index contributed by atoms with van der Waals surface area (Å²) in [6.45, 7) is 9.95. The number of rotatable bonds is 13. The van der Waals surface area contributed by atoms with Gasteiger partial charge in [-0.15, -0.1) is 0 Å². The molecular formula is C32H47N7O6. The lowest BCUT2D eigenvalue weighted by Gasteiger charge is -2.36. The fourth-order valence-corrected chi connectivity index (χ4v) is 4.67. The molecule has 2 N–H and O–H groups in total. The summed E-state index contributed by atoms with van der Waals surface area (Å²) in [7, 11) is 4.00. The van der Waals surface area contributed by atoms with E-state index in [9.17, 15) is 19.2 Å². The maximum absolute atomic E-state index is 13.7. The van der Waals surface area contributed by atoms with Crippen LogP contribution in [0.5, 0.6) is 0 Å². The van der Waals surface area contributed by atoms with Crippen LogP contribution in [0.15, 0.2) is 36.4 Å². The average molecular weight is 626 g/mol. The first-order valence-corrected chi connectivity index (χ1v) is 15.4. The van der Waals surface area contributed by atoms with Gasteiger partial charge in [-0.25, -0.2) is 14.8 Å². The lowest BCUT2D eigenvalue weighted by molar-refractivity contribution is -0.155. The number of amides is 3. The van der Waals surface area contributed by atoms with E-state index in [4.69, 9.17) is 9.47 Å². The van der Waals surface area contributed by atoms with E-state index in [-0.39, 0.29) is 44.1 Å². The molecule has 1 aliphatic rings. The smallest absolute Gasteiger partial charge is 0.409 e. The summed E-state index contributed by atoms with van der Waals surface area (Å²) in [5, 5.41) is 6.10.